The molecule has 0 saturated heterocycles. The molecule has 0 spiro atoms. The number of aromatic hydroxyl groups is 1. The zero-order valence-electron chi connectivity index (χ0n) is 10.4. The summed E-state index contributed by atoms with van der Waals surface area (Å²) in [5.74, 6) is 0.519. The van der Waals surface area contributed by atoms with Crippen LogP contribution < -0.4 is 0 Å². The highest BCUT2D eigenvalue weighted by atomic mass is 16.3. The molecule has 0 fully saturated rings. The maximum atomic E-state index is 10.1. The van der Waals surface area contributed by atoms with Gasteiger partial charge in [-0.2, -0.15) is 0 Å². The highest BCUT2D eigenvalue weighted by molar-refractivity contribution is 5.48. The summed E-state index contributed by atoms with van der Waals surface area (Å²) in [6, 6.07) is 2.15. The summed E-state index contributed by atoms with van der Waals surface area (Å²) >= 11 is 0. The van der Waals surface area contributed by atoms with Crippen LogP contribution in [0.1, 0.15) is 48.9 Å². The Kier molecular flexibility index (Phi) is 4.19. The van der Waals surface area contributed by atoms with Crippen LogP contribution in [0, 0.1) is 13.8 Å². The van der Waals surface area contributed by atoms with Crippen molar-refractivity contribution in [3.05, 3.63) is 28.3 Å². The fraction of sp³-hybridized carbons (Fsp3) is 0.571. The molecule has 15 heavy (non-hydrogen) atoms. The van der Waals surface area contributed by atoms with Crippen molar-refractivity contribution in [2.45, 2.75) is 53.4 Å². The third-order valence-corrected chi connectivity index (χ3v) is 3.13. The molecule has 1 N–H and O–H groups in total. The van der Waals surface area contributed by atoms with Crippen LogP contribution in [-0.4, -0.2) is 5.11 Å². The SMILES string of the molecule is CCCCc1cc(C)c(CC)c(C)c1O. The van der Waals surface area contributed by atoms with Crippen molar-refractivity contribution < 1.29 is 5.11 Å². The van der Waals surface area contributed by atoms with Gasteiger partial charge in [-0.25, -0.2) is 0 Å². The van der Waals surface area contributed by atoms with Gasteiger partial charge >= 0.3 is 0 Å². The van der Waals surface area contributed by atoms with Crippen molar-refractivity contribution in [1.29, 1.82) is 0 Å². The number of phenolic OH excluding ortho intramolecular Hbond substituents is 1. The predicted molar refractivity (Wildman–Crippen MR) is 65.6 cm³/mol. The molecular formula is C14H22O. The van der Waals surface area contributed by atoms with Crippen molar-refractivity contribution in [2.24, 2.45) is 0 Å². The van der Waals surface area contributed by atoms with Crippen LogP contribution in [0.5, 0.6) is 5.75 Å². The lowest BCUT2D eigenvalue weighted by atomic mass is 9.94. The summed E-state index contributed by atoms with van der Waals surface area (Å²) in [4.78, 5) is 0. The third-order valence-electron chi connectivity index (χ3n) is 3.13. The Balaban J connectivity index is 3.10. The van der Waals surface area contributed by atoms with Crippen molar-refractivity contribution in [1.82, 2.24) is 0 Å². The van der Waals surface area contributed by atoms with Crippen LogP contribution >= 0.6 is 0 Å². The number of unbranched alkanes of at least 4 members (excludes halogenated alkanes) is 1. The molecule has 0 radical (unpaired) electrons. The zero-order valence-corrected chi connectivity index (χ0v) is 10.4. The highest BCUT2D eigenvalue weighted by Gasteiger charge is 2.10. The standard InChI is InChI=1S/C14H22O/c1-5-7-8-12-9-10(3)13(6-2)11(4)14(12)15/h9,15H,5-8H2,1-4H3. The summed E-state index contributed by atoms with van der Waals surface area (Å²) in [6.07, 6.45) is 4.32. The van der Waals surface area contributed by atoms with Gasteiger partial charge in [0.25, 0.3) is 0 Å². The van der Waals surface area contributed by atoms with Crippen LogP contribution in [0.25, 0.3) is 0 Å². The van der Waals surface area contributed by atoms with Gasteiger partial charge in [0.15, 0.2) is 0 Å². The molecule has 1 rings (SSSR count). The number of hydrogen-bond acceptors (Lipinski definition) is 1. The van der Waals surface area contributed by atoms with E-state index < -0.39 is 0 Å². The molecule has 1 aromatic rings. The Morgan fingerprint density at radius 1 is 1.20 bits per heavy atom. The van der Waals surface area contributed by atoms with Gasteiger partial charge < -0.3 is 5.11 Å². The summed E-state index contributed by atoms with van der Waals surface area (Å²) in [5.41, 5.74) is 4.80. The van der Waals surface area contributed by atoms with E-state index in [9.17, 15) is 5.11 Å². The van der Waals surface area contributed by atoms with Gasteiger partial charge in [-0.1, -0.05) is 26.3 Å². The van der Waals surface area contributed by atoms with Crippen LogP contribution in [0.4, 0.5) is 0 Å². The molecule has 0 bridgehead atoms. The van der Waals surface area contributed by atoms with Crippen molar-refractivity contribution >= 4 is 0 Å². The van der Waals surface area contributed by atoms with Crippen LogP contribution in [0.2, 0.25) is 0 Å². The minimum absolute atomic E-state index is 0.519. The number of benzene rings is 1. The molecule has 1 aromatic carbocycles. The van der Waals surface area contributed by atoms with Crippen LogP contribution in [0.15, 0.2) is 6.07 Å². The summed E-state index contributed by atoms with van der Waals surface area (Å²) < 4.78 is 0. The maximum Gasteiger partial charge on any atom is 0.121 e. The Morgan fingerprint density at radius 2 is 1.87 bits per heavy atom. The molecule has 1 heteroatoms. The quantitative estimate of drug-likeness (QED) is 0.791. The van der Waals surface area contributed by atoms with Gasteiger partial charge in [0.05, 0.1) is 0 Å². The highest BCUT2D eigenvalue weighted by Crippen LogP contribution is 2.29. The van der Waals surface area contributed by atoms with Crippen molar-refractivity contribution in [3.8, 4) is 5.75 Å². The average Bonchev–Trinajstić information content (AvgIpc) is 2.22. The monoisotopic (exact) mass is 206 g/mol. The number of rotatable bonds is 4. The molecule has 0 heterocycles. The van der Waals surface area contributed by atoms with Gasteiger partial charge in [0.2, 0.25) is 0 Å². The lowest BCUT2D eigenvalue weighted by Gasteiger charge is -2.14. The molecule has 1 nitrogen and oxygen atoms in total. The third kappa shape index (κ3) is 2.53. The van der Waals surface area contributed by atoms with E-state index in [0.717, 1.165) is 30.4 Å². The second kappa shape index (κ2) is 5.20. The van der Waals surface area contributed by atoms with E-state index >= 15 is 0 Å². The smallest absolute Gasteiger partial charge is 0.121 e. The summed E-state index contributed by atoms with van der Waals surface area (Å²) in [7, 11) is 0. The Bertz CT molecular complexity index is 340. The number of aryl methyl sites for hydroxylation is 2. The maximum absolute atomic E-state index is 10.1. The van der Waals surface area contributed by atoms with E-state index in [2.05, 4.69) is 26.8 Å². The van der Waals surface area contributed by atoms with Crippen LogP contribution in [0.3, 0.4) is 0 Å². The Hall–Kier alpha value is -0.980. The lowest BCUT2D eigenvalue weighted by Crippen LogP contribution is -1.97. The molecular weight excluding hydrogens is 184 g/mol. The lowest BCUT2D eigenvalue weighted by molar-refractivity contribution is 0.461. The molecule has 0 saturated carbocycles. The Morgan fingerprint density at radius 3 is 2.40 bits per heavy atom. The normalized spacial score (nSPS) is 10.7. The fourth-order valence-corrected chi connectivity index (χ4v) is 2.20. The summed E-state index contributed by atoms with van der Waals surface area (Å²) in [5, 5.41) is 10.1. The molecule has 0 aliphatic rings. The fourth-order valence-electron chi connectivity index (χ4n) is 2.20. The average molecular weight is 206 g/mol. The second-order valence-corrected chi connectivity index (χ2v) is 4.26. The first kappa shape index (κ1) is 12.1. The minimum atomic E-state index is 0.519. The summed E-state index contributed by atoms with van der Waals surface area (Å²) in [6.45, 7) is 8.48. The first-order chi connectivity index (χ1) is 7.11. The first-order valence-electron chi connectivity index (χ1n) is 5.92. The largest absolute Gasteiger partial charge is 0.507 e. The molecule has 84 valence electrons. The van der Waals surface area contributed by atoms with Gasteiger partial charge in [-0.3, -0.25) is 0 Å². The van der Waals surface area contributed by atoms with Gasteiger partial charge in [0, 0.05) is 0 Å². The van der Waals surface area contributed by atoms with Gasteiger partial charge in [-0.15, -0.1) is 0 Å². The molecule has 0 aliphatic heterocycles. The minimum Gasteiger partial charge on any atom is -0.507 e. The van der Waals surface area contributed by atoms with Crippen LogP contribution in [-0.2, 0) is 12.8 Å². The molecule has 0 atom stereocenters. The van der Waals surface area contributed by atoms with Crippen molar-refractivity contribution in [3.63, 3.8) is 0 Å². The Labute approximate surface area is 93.1 Å². The van der Waals surface area contributed by atoms with Crippen molar-refractivity contribution in [2.75, 3.05) is 0 Å². The van der Waals surface area contributed by atoms with Gasteiger partial charge in [-0.05, 0) is 55.4 Å². The second-order valence-electron chi connectivity index (χ2n) is 4.26. The molecule has 0 aliphatic carbocycles. The van der Waals surface area contributed by atoms with E-state index in [-0.39, 0.29) is 0 Å². The topological polar surface area (TPSA) is 20.2 Å². The van der Waals surface area contributed by atoms with E-state index in [1.165, 1.54) is 17.5 Å². The number of hydrogen-bond donors (Lipinski definition) is 1. The molecule has 0 amide bonds. The van der Waals surface area contributed by atoms with E-state index in [4.69, 9.17) is 0 Å². The molecule has 0 unspecified atom stereocenters. The van der Waals surface area contributed by atoms with E-state index in [1.54, 1.807) is 0 Å². The van der Waals surface area contributed by atoms with Gasteiger partial charge in [0.1, 0.15) is 5.75 Å². The van der Waals surface area contributed by atoms with E-state index in [0.29, 0.717) is 5.75 Å². The predicted octanol–water partition coefficient (Wildman–Crippen LogP) is 3.91. The number of phenols is 1. The van der Waals surface area contributed by atoms with E-state index in [1.807, 2.05) is 6.92 Å². The molecule has 0 aromatic heterocycles. The first-order valence-corrected chi connectivity index (χ1v) is 5.92. The zero-order chi connectivity index (χ0) is 11.4.